The molecule has 152 valence electrons. The van der Waals surface area contributed by atoms with Crippen molar-refractivity contribution in [1.82, 2.24) is 19.2 Å². The molecule has 5 rings (SSSR count). The molecule has 30 heavy (non-hydrogen) atoms. The summed E-state index contributed by atoms with van der Waals surface area (Å²) in [6.45, 7) is 2.48. The number of benzene rings is 2. The molecule has 0 aliphatic carbocycles. The molecule has 0 saturated carbocycles. The highest BCUT2D eigenvalue weighted by Gasteiger charge is 2.21. The van der Waals surface area contributed by atoms with E-state index in [1.54, 1.807) is 0 Å². The van der Waals surface area contributed by atoms with Crippen LogP contribution in [0.25, 0.3) is 22.8 Å². The van der Waals surface area contributed by atoms with Gasteiger partial charge in [0.15, 0.2) is 0 Å². The molecule has 2 aromatic heterocycles. The predicted molar refractivity (Wildman–Crippen MR) is 124 cm³/mol. The Labute approximate surface area is 182 Å². The Kier molecular flexibility index (Phi) is 5.12. The third-order valence-corrected chi connectivity index (χ3v) is 5.99. The molecule has 0 spiro atoms. The monoisotopic (exact) mass is 463 g/mol. The molecule has 2 aromatic carbocycles. The zero-order valence-corrected chi connectivity index (χ0v) is 18.1. The van der Waals surface area contributed by atoms with Crippen LogP contribution in [0.5, 0.6) is 0 Å². The Morgan fingerprint density at radius 3 is 2.63 bits per heavy atom. The van der Waals surface area contributed by atoms with Crippen molar-refractivity contribution in [2.75, 3.05) is 18.0 Å². The normalized spacial score (nSPS) is 14.9. The number of hydrogen-bond acceptors (Lipinski definition) is 4. The quantitative estimate of drug-likeness (QED) is 0.446. The Morgan fingerprint density at radius 2 is 1.83 bits per heavy atom. The van der Waals surface area contributed by atoms with Crippen LogP contribution >= 0.6 is 15.9 Å². The highest BCUT2D eigenvalue weighted by Crippen LogP contribution is 2.25. The number of allylic oxidation sites excluding steroid dienone is 1. The average Bonchev–Trinajstić information content (AvgIpc) is 3.14. The van der Waals surface area contributed by atoms with Crippen LogP contribution in [0.4, 0.5) is 5.95 Å². The van der Waals surface area contributed by atoms with Crippen LogP contribution in [0.3, 0.4) is 0 Å². The van der Waals surface area contributed by atoms with E-state index in [1.165, 1.54) is 6.42 Å². The molecule has 0 atom stereocenters. The molecule has 0 radical (unpaired) electrons. The van der Waals surface area contributed by atoms with Gasteiger partial charge in [-0.05, 0) is 43.0 Å². The van der Waals surface area contributed by atoms with Crippen molar-refractivity contribution in [2.45, 2.75) is 25.8 Å². The number of hydrogen-bond donors (Lipinski definition) is 0. The molecule has 4 aromatic rings. The van der Waals surface area contributed by atoms with E-state index in [2.05, 4.69) is 50.1 Å². The van der Waals surface area contributed by atoms with Crippen molar-refractivity contribution >= 4 is 44.6 Å². The highest BCUT2D eigenvalue weighted by molar-refractivity contribution is 9.10. The minimum Gasteiger partial charge on any atom is -0.341 e. The fraction of sp³-hybridized carbons (Fsp3) is 0.261. The van der Waals surface area contributed by atoms with Gasteiger partial charge >= 0.3 is 0 Å². The summed E-state index contributed by atoms with van der Waals surface area (Å²) >= 11 is 3.47. The standard InChI is InChI=1S/C23H22BrN5O/c24-18-11-12-20-19(16-18)21(30)25-22-28(15-7-10-17-8-3-1-4-9-17)26-23(29(20)22)27-13-5-2-6-14-27/h1,3-4,7-12,16H,2,5-6,13-15H2. The maximum atomic E-state index is 12.8. The van der Waals surface area contributed by atoms with E-state index >= 15 is 0 Å². The van der Waals surface area contributed by atoms with Crippen molar-refractivity contribution in [3.63, 3.8) is 0 Å². The summed E-state index contributed by atoms with van der Waals surface area (Å²) < 4.78 is 4.73. The first kappa shape index (κ1) is 19.1. The fourth-order valence-electron chi connectivity index (χ4n) is 4.02. The van der Waals surface area contributed by atoms with E-state index in [4.69, 9.17) is 5.10 Å². The van der Waals surface area contributed by atoms with E-state index in [1.807, 2.05) is 45.5 Å². The number of anilines is 1. The Balaban J connectivity index is 1.65. The first-order valence-corrected chi connectivity index (χ1v) is 11.1. The first-order valence-electron chi connectivity index (χ1n) is 10.3. The number of nitrogens with zero attached hydrogens (tertiary/aromatic N) is 5. The smallest absolute Gasteiger partial charge is 0.282 e. The molecule has 1 aliphatic rings. The van der Waals surface area contributed by atoms with E-state index in [0.717, 1.165) is 47.4 Å². The van der Waals surface area contributed by atoms with E-state index < -0.39 is 0 Å². The second kappa shape index (κ2) is 8.07. The predicted octanol–water partition coefficient (Wildman–Crippen LogP) is 4.51. The summed E-state index contributed by atoms with van der Waals surface area (Å²) in [4.78, 5) is 19.5. The number of aromatic nitrogens is 4. The Bertz CT molecular complexity index is 1290. The molecule has 0 bridgehead atoms. The van der Waals surface area contributed by atoms with Crippen LogP contribution in [0.15, 0.2) is 63.9 Å². The summed E-state index contributed by atoms with van der Waals surface area (Å²) in [6, 6.07) is 15.9. The van der Waals surface area contributed by atoms with E-state index in [-0.39, 0.29) is 5.56 Å². The van der Waals surface area contributed by atoms with Gasteiger partial charge in [0.1, 0.15) is 0 Å². The lowest BCUT2D eigenvalue weighted by atomic mass is 10.1. The SMILES string of the molecule is O=c1nc2n(CC=Cc3ccccc3)nc(N3CCCCC3)n2c2ccc(Br)cc12. The van der Waals surface area contributed by atoms with Crippen LogP contribution < -0.4 is 10.5 Å². The maximum Gasteiger partial charge on any atom is 0.282 e. The van der Waals surface area contributed by atoms with Gasteiger partial charge in [-0.3, -0.25) is 4.79 Å². The topological polar surface area (TPSA) is 55.4 Å². The molecular formula is C23H22BrN5O. The third-order valence-electron chi connectivity index (χ3n) is 5.50. The zero-order chi connectivity index (χ0) is 20.5. The van der Waals surface area contributed by atoms with Crippen molar-refractivity contribution in [3.8, 4) is 0 Å². The summed E-state index contributed by atoms with van der Waals surface area (Å²) in [5.74, 6) is 1.44. The van der Waals surface area contributed by atoms with Crippen LogP contribution in [0, 0.1) is 0 Å². The molecule has 3 heterocycles. The molecule has 0 unspecified atom stereocenters. The molecule has 1 saturated heterocycles. The van der Waals surface area contributed by atoms with Crippen molar-refractivity contribution in [3.05, 3.63) is 75.0 Å². The summed E-state index contributed by atoms with van der Waals surface area (Å²) in [6.07, 6.45) is 7.67. The molecule has 6 nitrogen and oxygen atoms in total. The van der Waals surface area contributed by atoms with Gasteiger partial charge in [0.05, 0.1) is 17.4 Å². The Morgan fingerprint density at radius 1 is 1.03 bits per heavy atom. The third kappa shape index (κ3) is 3.54. The van der Waals surface area contributed by atoms with Gasteiger partial charge in [-0.15, -0.1) is 5.10 Å². The van der Waals surface area contributed by atoms with E-state index in [0.29, 0.717) is 17.7 Å². The number of fused-ring (bicyclic) bond motifs is 3. The summed E-state index contributed by atoms with van der Waals surface area (Å²) in [7, 11) is 0. The van der Waals surface area contributed by atoms with Crippen LogP contribution in [0.1, 0.15) is 24.8 Å². The molecule has 0 N–H and O–H groups in total. The largest absolute Gasteiger partial charge is 0.341 e. The minimum atomic E-state index is -0.232. The summed E-state index contributed by atoms with van der Waals surface area (Å²) in [5, 5.41) is 5.50. The number of rotatable bonds is 4. The van der Waals surface area contributed by atoms with Gasteiger partial charge in [0.25, 0.3) is 5.56 Å². The van der Waals surface area contributed by atoms with Crippen LogP contribution in [-0.2, 0) is 6.54 Å². The van der Waals surface area contributed by atoms with Crippen LogP contribution in [0.2, 0.25) is 0 Å². The van der Waals surface area contributed by atoms with Gasteiger partial charge in [0.2, 0.25) is 11.7 Å². The first-order chi connectivity index (χ1) is 14.7. The van der Waals surface area contributed by atoms with Crippen molar-refractivity contribution < 1.29 is 0 Å². The second-order valence-corrected chi connectivity index (χ2v) is 8.47. The molecule has 0 amide bonds. The lowest BCUT2D eigenvalue weighted by Gasteiger charge is -2.26. The molecular weight excluding hydrogens is 442 g/mol. The van der Waals surface area contributed by atoms with Crippen molar-refractivity contribution in [2.24, 2.45) is 0 Å². The van der Waals surface area contributed by atoms with Gasteiger partial charge < -0.3 is 4.90 Å². The zero-order valence-electron chi connectivity index (χ0n) is 16.5. The lowest BCUT2D eigenvalue weighted by molar-refractivity contribution is 0.563. The van der Waals surface area contributed by atoms with Crippen molar-refractivity contribution in [1.29, 1.82) is 0 Å². The van der Waals surface area contributed by atoms with E-state index in [9.17, 15) is 4.79 Å². The van der Waals surface area contributed by atoms with Gasteiger partial charge in [-0.2, -0.15) is 4.98 Å². The van der Waals surface area contributed by atoms with Gasteiger partial charge in [-0.1, -0.05) is 58.4 Å². The maximum absolute atomic E-state index is 12.8. The Hall–Kier alpha value is -2.93. The molecule has 1 fully saturated rings. The second-order valence-electron chi connectivity index (χ2n) is 7.56. The average molecular weight is 464 g/mol. The molecule has 1 aliphatic heterocycles. The minimum absolute atomic E-state index is 0.232. The number of piperidine rings is 1. The lowest BCUT2D eigenvalue weighted by Crippen LogP contribution is -2.31. The molecule has 7 heteroatoms. The van der Waals surface area contributed by atoms with Gasteiger partial charge in [0, 0.05) is 17.6 Å². The highest BCUT2D eigenvalue weighted by atomic mass is 79.9. The number of halogens is 1. The van der Waals surface area contributed by atoms with Gasteiger partial charge in [-0.25, -0.2) is 9.08 Å². The van der Waals surface area contributed by atoms with Crippen LogP contribution in [-0.4, -0.2) is 32.3 Å². The summed E-state index contributed by atoms with van der Waals surface area (Å²) in [5.41, 5.74) is 1.74. The fourth-order valence-corrected chi connectivity index (χ4v) is 4.39.